The number of anilines is 4. The van der Waals surface area contributed by atoms with Gasteiger partial charge < -0.3 is 30.9 Å². The number of phenols is 1. The fourth-order valence-electron chi connectivity index (χ4n) is 3.25. The van der Waals surface area contributed by atoms with Crippen LogP contribution in [0, 0.1) is 6.92 Å². The number of aryl methyl sites for hydroxylation is 1. The van der Waals surface area contributed by atoms with Gasteiger partial charge >= 0.3 is 0 Å². The molecule has 1 aliphatic rings. The van der Waals surface area contributed by atoms with E-state index in [-0.39, 0.29) is 10.8 Å². The lowest BCUT2D eigenvalue weighted by Gasteiger charge is -2.27. The van der Waals surface area contributed by atoms with Crippen LogP contribution in [-0.4, -0.2) is 48.3 Å². The first-order valence-electron chi connectivity index (χ1n) is 9.41. The van der Waals surface area contributed by atoms with Crippen LogP contribution < -0.4 is 16.0 Å². The Bertz CT molecular complexity index is 853. The van der Waals surface area contributed by atoms with Crippen molar-refractivity contribution in [2.24, 2.45) is 0 Å². The van der Waals surface area contributed by atoms with Gasteiger partial charge in [-0.2, -0.15) is 0 Å². The van der Waals surface area contributed by atoms with Crippen molar-refractivity contribution in [1.29, 1.82) is 0 Å². The number of nitrogens with zero attached hydrogens (tertiary/aromatic N) is 3. The number of nitrogens with one attached hydrogen (secondary N) is 1. The summed E-state index contributed by atoms with van der Waals surface area (Å²) in [5.41, 5.74) is 9.83. The van der Waals surface area contributed by atoms with Gasteiger partial charge in [-0.25, -0.2) is 0 Å². The van der Waals surface area contributed by atoms with Crippen LogP contribution in [0.15, 0.2) is 42.7 Å². The van der Waals surface area contributed by atoms with Crippen LogP contribution in [0.1, 0.15) is 12.5 Å². The molecule has 0 spiro atoms. The van der Waals surface area contributed by atoms with Crippen molar-refractivity contribution in [3.05, 3.63) is 53.3 Å². The van der Waals surface area contributed by atoms with Crippen molar-refractivity contribution in [2.75, 3.05) is 49.3 Å². The van der Waals surface area contributed by atoms with Crippen LogP contribution in [0.3, 0.4) is 0 Å². The normalized spacial score (nSPS) is 13.3. The summed E-state index contributed by atoms with van der Waals surface area (Å²) in [4.78, 5) is 6.82. The summed E-state index contributed by atoms with van der Waals surface area (Å²) in [6.45, 7) is 7.79. The Hall–Kier alpha value is -2.73. The maximum absolute atomic E-state index is 9.89. The first-order valence-corrected chi connectivity index (χ1v) is 9.79. The molecule has 150 valence electrons. The molecule has 1 heterocycles. The largest absolute Gasteiger partial charge is 0.506 e. The van der Waals surface area contributed by atoms with Gasteiger partial charge in [0.15, 0.2) is 0 Å². The molecule has 1 aliphatic heterocycles. The molecular weight excluding hydrogens is 374 g/mol. The number of benzene rings is 2. The Kier molecular flexibility index (Phi) is 6.09. The van der Waals surface area contributed by atoms with E-state index in [0.29, 0.717) is 16.9 Å². The van der Waals surface area contributed by atoms with Gasteiger partial charge in [0.25, 0.3) is 0 Å². The van der Waals surface area contributed by atoms with Crippen LogP contribution in [0.2, 0.25) is 5.02 Å². The average molecular weight is 402 g/mol. The summed E-state index contributed by atoms with van der Waals surface area (Å²) in [6, 6.07) is 10.0. The van der Waals surface area contributed by atoms with E-state index in [1.54, 1.807) is 13.0 Å². The minimum absolute atomic E-state index is 0.0256. The Balaban J connectivity index is 1.66. The highest BCUT2D eigenvalue weighted by Crippen LogP contribution is 2.39. The van der Waals surface area contributed by atoms with Gasteiger partial charge in [0.1, 0.15) is 10.8 Å². The van der Waals surface area contributed by atoms with Gasteiger partial charge in [-0.15, -0.1) is 0 Å². The summed E-state index contributed by atoms with van der Waals surface area (Å²) in [7, 11) is 2.08. The Morgan fingerprint density at radius 1 is 1.25 bits per heavy atom. The van der Waals surface area contributed by atoms with Gasteiger partial charge in [0, 0.05) is 50.5 Å². The van der Waals surface area contributed by atoms with Crippen molar-refractivity contribution in [2.45, 2.75) is 13.8 Å². The number of phenolic OH excluding ortho intramolecular Hbond substituents is 1. The standard InChI is InChI=1S/C21H28ClN5O/c1-4-27(12-11-26-10-9-25(3)14-26)17-7-5-16(6-8-17)24-18-13-15(2)21(28)19(22)20(18)23/h5-10,13,24,28H,4,11-12,14,23H2,1-3H3. The second-order valence-corrected chi connectivity index (χ2v) is 7.46. The molecule has 0 bridgehead atoms. The quantitative estimate of drug-likeness (QED) is 0.477. The predicted octanol–water partition coefficient (Wildman–Crippen LogP) is 4.18. The third-order valence-corrected chi connectivity index (χ3v) is 5.34. The van der Waals surface area contributed by atoms with E-state index in [1.165, 1.54) is 5.69 Å². The molecular formula is C21H28ClN5O. The highest BCUT2D eigenvalue weighted by Gasteiger charge is 2.13. The first-order chi connectivity index (χ1) is 13.4. The summed E-state index contributed by atoms with van der Waals surface area (Å²) in [6.07, 6.45) is 4.23. The van der Waals surface area contributed by atoms with Crippen molar-refractivity contribution in [3.8, 4) is 5.75 Å². The smallest absolute Gasteiger partial charge is 0.139 e. The van der Waals surface area contributed by atoms with Crippen LogP contribution in [0.5, 0.6) is 5.75 Å². The number of nitrogen functional groups attached to an aromatic ring is 1. The molecule has 0 atom stereocenters. The maximum Gasteiger partial charge on any atom is 0.139 e. The molecule has 3 rings (SSSR count). The van der Waals surface area contributed by atoms with Crippen molar-refractivity contribution in [3.63, 3.8) is 0 Å². The molecule has 0 amide bonds. The summed E-state index contributed by atoms with van der Waals surface area (Å²) in [5.74, 6) is 0.0256. The molecule has 2 aromatic rings. The van der Waals surface area contributed by atoms with E-state index in [2.05, 4.69) is 58.5 Å². The molecule has 6 nitrogen and oxygen atoms in total. The summed E-state index contributed by atoms with van der Waals surface area (Å²) < 4.78 is 0. The van der Waals surface area contributed by atoms with E-state index < -0.39 is 0 Å². The zero-order valence-electron chi connectivity index (χ0n) is 16.6. The van der Waals surface area contributed by atoms with E-state index >= 15 is 0 Å². The Labute approximate surface area is 171 Å². The highest BCUT2D eigenvalue weighted by atomic mass is 35.5. The molecule has 2 aromatic carbocycles. The van der Waals surface area contributed by atoms with E-state index in [1.807, 2.05) is 12.1 Å². The second-order valence-electron chi connectivity index (χ2n) is 7.08. The monoisotopic (exact) mass is 401 g/mol. The Morgan fingerprint density at radius 2 is 1.96 bits per heavy atom. The second kappa shape index (κ2) is 8.52. The number of halogens is 1. The van der Waals surface area contributed by atoms with Gasteiger partial charge in [-0.05, 0) is 49.7 Å². The predicted molar refractivity (Wildman–Crippen MR) is 118 cm³/mol. The molecule has 0 aliphatic carbocycles. The van der Waals surface area contributed by atoms with Gasteiger partial charge in [0.2, 0.25) is 0 Å². The van der Waals surface area contributed by atoms with Crippen molar-refractivity contribution >= 4 is 34.4 Å². The minimum atomic E-state index is 0.0256. The van der Waals surface area contributed by atoms with E-state index in [9.17, 15) is 5.11 Å². The molecule has 0 aromatic heterocycles. The fraction of sp³-hybridized carbons (Fsp3) is 0.333. The van der Waals surface area contributed by atoms with Crippen molar-refractivity contribution < 1.29 is 5.11 Å². The molecule has 0 unspecified atom stereocenters. The lowest BCUT2D eigenvalue weighted by molar-refractivity contribution is 0.301. The molecule has 0 saturated carbocycles. The topological polar surface area (TPSA) is 68.0 Å². The lowest BCUT2D eigenvalue weighted by atomic mass is 10.1. The SMILES string of the molecule is CCN(CCN1C=CN(C)C1)c1ccc(Nc2cc(C)c(O)c(Cl)c2N)cc1. The number of hydrogen-bond donors (Lipinski definition) is 3. The van der Waals surface area contributed by atoms with Crippen LogP contribution >= 0.6 is 11.6 Å². The fourth-order valence-corrected chi connectivity index (χ4v) is 3.50. The van der Waals surface area contributed by atoms with E-state index in [0.717, 1.165) is 32.0 Å². The third-order valence-electron chi connectivity index (χ3n) is 4.96. The number of rotatable bonds is 7. The maximum atomic E-state index is 9.89. The molecule has 7 heteroatoms. The van der Waals surface area contributed by atoms with Gasteiger partial charge in [-0.1, -0.05) is 11.6 Å². The minimum Gasteiger partial charge on any atom is -0.506 e. The number of hydrogen-bond acceptors (Lipinski definition) is 6. The zero-order valence-corrected chi connectivity index (χ0v) is 17.4. The van der Waals surface area contributed by atoms with Crippen LogP contribution in [0.4, 0.5) is 22.7 Å². The van der Waals surface area contributed by atoms with Crippen LogP contribution in [0.25, 0.3) is 0 Å². The van der Waals surface area contributed by atoms with Crippen molar-refractivity contribution in [1.82, 2.24) is 9.80 Å². The lowest BCUT2D eigenvalue weighted by Crippen LogP contribution is -2.33. The zero-order chi connectivity index (χ0) is 20.3. The van der Waals surface area contributed by atoms with Gasteiger partial charge in [-0.3, -0.25) is 0 Å². The number of likely N-dealkylation sites (N-methyl/N-ethyl adjacent to an activating group) is 1. The molecule has 0 saturated heterocycles. The van der Waals surface area contributed by atoms with E-state index in [4.69, 9.17) is 17.3 Å². The molecule has 0 radical (unpaired) electrons. The summed E-state index contributed by atoms with van der Waals surface area (Å²) >= 11 is 6.10. The Morgan fingerprint density at radius 3 is 2.57 bits per heavy atom. The molecule has 4 N–H and O–H groups in total. The molecule has 28 heavy (non-hydrogen) atoms. The molecule has 0 fully saturated rings. The summed E-state index contributed by atoms with van der Waals surface area (Å²) in [5, 5.41) is 13.4. The third kappa shape index (κ3) is 4.39. The van der Waals surface area contributed by atoms with Gasteiger partial charge in [0.05, 0.1) is 18.0 Å². The highest BCUT2D eigenvalue weighted by molar-refractivity contribution is 6.35. The number of aromatic hydroxyl groups is 1. The van der Waals surface area contributed by atoms with Crippen LogP contribution in [-0.2, 0) is 0 Å². The first kappa shape index (κ1) is 20.0. The number of nitrogens with two attached hydrogens (primary N) is 1. The average Bonchev–Trinajstić information content (AvgIpc) is 3.11.